The number of hydrogen-bond donors (Lipinski definition) is 2. The van der Waals surface area contributed by atoms with E-state index in [1.807, 2.05) is 48.6 Å². The van der Waals surface area contributed by atoms with E-state index in [1.165, 1.54) is 0 Å². The molecule has 33 heavy (non-hydrogen) atoms. The molecule has 2 N–H and O–H groups in total. The third-order valence-electron chi connectivity index (χ3n) is 6.06. The number of amides is 2. The highest BCUT2D eigenvalue weighted by Gasteiger charge is 2.37. The molecule has 7 heteroatoms. The molecule has 0 aromatic heterocycles. The van der Waals surface area contributed by atoms with Crippen LogP contribution in [0.2, 0.25) is 5.02 Å². The largest absolute Gasteiger partial charge is 0.459 e. The van der Waals surface area contributed by atoms with Crippen molar-refractivity contribution < 1.29 is 19.1 Å². The topological polar surface area (TPSA) is 84.5 Å². The molecule has 2 aromatic carbocycles. The number of rotatable bonds is 4. The predicted molar refractivity (Wildman–Crippen MR) is 125 cm³/mol. The molecule has 3 atom stereocenters. The first-order valence-corrected chi connectivity index (χ1v) is 11.6. The summed E-state index contributed by atoms with van der Waals surface area (Å²) in [6, 6.07) is 14.7. The third kappa shape index (κ3) is 6.02. The van der Waals surface area contributed by atoms with Crippen LogP contribution in [0.25, 0.3) is 0 Å². The van der Waals surface area contributed by atoms with E-state index in [1.54, 1.807) is 12.1 Å². The summed E-state index contributed by atoms with van der Waals surface area (Å²) in [5, 5.41) is 6.54. The van der Waals surface area contributed by atoms with Gasteiger partial charge in [-0.05, 0) is 41.7 Å². The van der Waals surface area contributed by atoms with E-state index >= 15 is 0 Å². The maximum Gasteiger partial charge on any atom is 0.310 e. The lowest BCUT2D eigenvalue weighted by Crippen LogP contribution is -2.38. The Hall–Kier alpha value is -3.12. The van der Waals surface area contributed by atoms with E-state index < -0.39 is 18.0 Å². The van der Waals surface area contributed by atoms with Gasteiger partial charge in [-0.2, -0.15) is 0 Å². The minimum atomic E-state index is -0.592. The van der Waals surface area contributed by atoms with Crippen molar-refractivity contribution in [2.24, 2.45) is 5.92 Å². The fourth-order valence-electron chi connectivity index (χ4n) is 4.28. The van der Waals surface area contributed by atoms with Gasteiger partial charge in [0.25, 0.3) is 0 Å². The van der Waals surface area contributed by atoms with Crippen molar-refractivity contribution >= 4 is 29.4 Å². The molecule has 172 valence electrons. The van der Waals surface area contributed by atoms with Crippen LogP contribution in [-0.2, 0) is 32.1 Å². The Morgan fingerprint density at radius 2 is 1.88 bits per heavy atom. The van der Waals surface area contributed by atoms with E-state index in [4.69, 9.17) is 16.3 Å². The van der Waals surface area contributed by atoms with E-state index in [9.17, 15) is 14.4 Å². The van der Waals surface area contributed by atoms with Crippen LogP contribution in [0.3, 0.4) is 0 Å². The first-order valence-electron chi connectivity index (χ1n) is 11.2. The van der Waals surface area contributed by atoms with Crippen LogP contribution in [0.5, 0.6) is 0 Å². The summed E-state index contributed by atoms with van der Waals surface area (Å²) in [5.74, 6) is -1.29. The standard InChI is InChI=1S/C26H27ClN2O4/c27-20-12-10-17(11-13-20)16-28-24(31)15-19-7-2-1-3-9-23(30)29-25-21-8-5-4-6-18(21)14-22(25)33-26(19)32/h1-2,4-6,8,10-13,19,22,25H,3,7,9,14-16H2,(H,28,31)(H,29,30)/b2-1+/t19-,22-,25+/m0/s1. The number of fused-ring (bicyclic) bond motifs is 3. The summed E-state index contributed by atoms with van der Waals surface area (Å²) in [6.45, 7) is 0.361. The number of carbonyl (C=O) groups is 3. The van der Waals surface area contributed by atoms with Gasteiger partial charge in [0, 0.05) is 30.8 Å². The van der Waals surface area contributed by atoms with Crippen molar-refractivity contribution in [1.82, 2.24) is 10.6 Å². The molecule has 6 nitrogen and oxygen atoms in total. The lowest BCUT2D eigenvalue weighted by Gasteiger charge is -2.25. The summed E-state index contributed by atoms with van der Waals surface area (Å²) in [5.41, 5.74) is 2.97. The maximum absolute atomic E-state index is 13.1. The summed E-state index contributed by atoms with van der Waals surface area (Å²) in [7, 11) is 0. The summed E-state index contributed by atoms with van der Waals surface area (Å²) < 4.78 is 5.89. The Bertz CT molecular complexity index is 1050. The van der Waals surface area contributed by atoms with Crippen molar-refractivity contribution in [2.75, 3.05) is 0 Å². The molecule has 0 fully saturated rings. The van der Waals surface area contributed by atoms with Gasteiger partial charge in [0.15, 0.2) is 0 Å². The molecule has 2 aliphatic rings. The fourth-order valence-corrected chi connectivity index (χ4v) is 4.41. The molecular formula is C26H27ClN2O4. The molecule has 0 saturated carbocycles. The zero-order valence-corrected chi connectivity index (χ0v) is 19.0. The molecule has 0 unspecified atom stereocenters. The van der Waals surface area contributed by atoms with Gasteiger partial charge in [-0.15, -0.1) is 0 Å². The highest BCUT2D eigenvalue weighted by Crippen LogP contribution is 2.34. The monoisotopic (exact) mass is 466 g/mol. The van der Waals surface area contributed by atoms with Crippen molar-refractivity contribution in [3.63, 3.8) is 0 Å². The zero-order chi connectivity index (χ0) is 23.2. The number of benzene rings is 2. The smallest absolute Gasteiger partial charge is 0.310 e. The highest BCUT2D eigenvalue weighted by atomic mass is 35.5. The van der Waals surface area contributed by atoms with Crippen molar-refractivity contribution in [3.8, 4) is 0 Å². The van der Waals surface area contributed by atoms with Crippen LogP contribution in [0.1, 0.15) is 48.4 Å². The quantitative estimate of drug-likeness (QED) is 0.526. The Kier molecular flexibility index (Phi) is 7.45. The third-order valence-corrected chi connectivity index (χ3v) is 6.31. The summed E-state index contributed by atoms with van der Waals surface area (Å²) in [6.07, 6.45) is 5.16. The minimum Gasteiger partial charge on any atom is -0.459 e. The molecule has 1 aliphatic carbocycles. The average molecular weight is 467 g/mol. The molecule has 0 saturated heterocycles. The molecule has 2 amide bonds. The number of allylic oxidation sites excluding steroid dienone is 2. The first kappa shape index (κ1) is 23.1. The van der Waals surface area contributed by atoms with Gasteiger partial charge in [-0.3, -0.25) is 14.4 Å². The molecule has 0 bridgehead atoms. The van der Waals surface area contributed by atoms with Gasteiger partial charge >= 0.3 is 5.97 Å². The van der Waals surface area contributed by atoms with E-state index in [2.05, 4.69) is 10.6 Å². The second-order valence-electron chi connectivity index (χ2n) is 8.47. The van der Waals surface area contributed by atoms with Gasteiger partial charge in [0.05, 0.1) is 12.0 Å². The molecule has 0 spiro atoms. The maximum atomic E-state index is 13.1. The molecule has 1 aliphatic heterocycles. The van der Waals surface area contributed by atoms with E-state index in [0.717, 1.165) is 16.7 Å². The van der Waals surface area contributed by atoms with Crippen LogP contribution in [0.15, 0.2) is 60.7 Å². The number of esters is 1. The van der Waals surface area contributed by atoms with Crippen LogP contribution >= 0.6 is 11.6 Å². The Morgan fingerprint density at radius 1 is 1.09 bits per heavy atom. The van der Waals surface area contributed by atoms with Gasteiger partial charge in [0.2, 0.25) is 11.8 Å². The summed E-state index contributed by atoms with van der Waals surface area (Å²) >= 11 is 5.90. The van der Waals surface area contributed by atoms with Crippen molar-refractivity contribution in [2.45, 2.75) is 50.8 Å². The normalized spacial score (nSPS) is 23.7. The Balaban J connectivity index is 1.44. The van der Waals surface area contributed by atoms with Gasteiger partial charge in [-0.25, -0.2) is 0 Å². The van der Waals surface area contributed by atoms with Crippen molar-refractivity contribution in [1.29, 1.82) is 0 Å². The minimum absolute atomic E-state index is 0.0352. The average Bonchev–Trinajstić information content (AvgIpc) is 3.13. The first-order chi connectivity index (χ1) is 16.0. The van der Waals surface area contributed by atoms with Gasteiger partial charge < -0.3 is 15.4 Å². The number of carbonyl (C=O) groups excluding carboxylic acids is 3. The number of nitrogens with one attached hydrogen (secondary N) is 2. The molecular weight excluding hydrogens is 440 g/mol. The van der Waals surface area contributed by atoms with Crippen molar-refractivity contribution in [3.05, 3.63) is 82.4 Å². The molecule has 4 rings (SSSR count). The van der Waals surface area contributed by atoms with Gasteiger partial charge in [-0.1, -0.05) is 60.2 Å². The molecule has 2 aromatic rings. The van der Waals surface area contributed by atoms with E-state index in [0.29, 0.717) is 37.3 Å². The van der Waals surface area contributed by atoms with Crippen LogP contribution in [0.4, 0.5) is 0 Å². The lowest BCUT2D eigenvalue weighted by atomic mass is 9.99. The zero-order valence-electron chi connectivity index (χ0n) is 18.3. The number of halogens is 1. The predicted octanol–water partition coefficient (Wildman–Crippen LogP) is 4.03. The second kappa shape index (κ2) is 10.7. The lowest BCUT2D eigenvalue weighted by molar-refractivity contribution is -0.157. The SMILES string of the molecule is O=C(C[C@@H]1C/C=C/CCC(=O)N[C@@H]2c3ccccc3C[C@@H]2OC1=O)NCc1ccc(Cl)cc1. The van der Waals surface area contributed by atoms with E-state index in [-0.39, 0.29) is 24.3 Å². The van der Waals surface area contributed by atoms with Crippen LogP contribution in [-0.4, -0.2) is 23.9 Å². The fraction of sp³-hybridized carbons (Fsp3) is 0.346. The Labute approximate surface area is 198 Å². The highest BCUT2D eigenvalue weighted by molar-refractivity contribution is 6.30. The van der Waals surface area contributed by atoms with Gasteiger partial charge in [0.1, 0.15) is 6.10 Å². The van der Waals surface area contributed by atoms with Crippen LogP contribution < -0.4 is 10.6 Å². The number of ether oxygens (including phenoxy) is 1. The molecule has 0 radical (unpaired) electrons. The summed E-state index contributed by atoms with van der Waals surface area (Å²) in [4.78, 5) is 38.1. The Morgan fingerprint density at radius 3 is 2.70 bits per heavy atom. The van der Waals surface area contributed by atoms with Crippen LogP contribution in [0, 0.1) is 5.92 Å². The number of hydrogen-bond acceptors (Lipinski definition) is 4. The second-order valence-corrected chi connectivity index (χ2v) is 8.91. The molecule has 1 heterocycles.